The Labute approximate surface area is 275 Å². The van der Waals surface area contributed by atoms with Gasteiger partial charge in [0.05, 0.1) is 34.7 Å². The number of hydrogen-bond donors (Lipinski definition) is 0. The van der Waals surface area contributed by atoms with Gasteiger partial charge >= 0.3 is 5.69 Å². The van der Waals surface area contributed by atoms with Crippen LogP contribution in [-0.2, 0) is 14.8 Å². The van der Waals surface area contributed by atoms with Crippen LogP contribution in [0.25, 0.3) is 11.0 Å². The molecule has 1 aromatic heterocycles. The van der Waals surface area contributed by atoms with Crippen LogP contribution in [0.1, 0.15) is 43.4 Å². The Morgan fingerprint density at radius 1 is 0.979 bits per heavy atom. The maximum Gasteiger partial charge on any atom is 0.344 e. The molecular weight excluding hydrogens is 616 g/mol. The number of rotatable bonds is 9. The van der Waals surface area contributed by atoms with E-state index < -0.39 is 21.8 Å². The summed E-state index contributed by atoms with van der Waals surface area (Å²) < 4.78 is 35.4. The van der Waals surface area contributed by atoms with E-state index in [0.29, 0.717) is 24.4 Å². The first-order valence-electron chi connectivity index (χ1n) is 16.1. The molecule has 3 aromatic carbocycles. The summed E-state index contributed by atoms with van der Waals surface area (Å²) >= 11 is 0. The van der Waals surface area contributed by atoms with E-state index in [4.69, 9.17) is 4.74 Å². The van der Waals surface area contributed by atoms with Crippen molar-refractivity contribution >= 4 is 27.0 Å². The molecule has 0 saturated carbocycles. The van der Waals surface area contributed by atoms with Gasteiger partial charge in [-0.3, -0.25) is 14.3 Å². The third kappa shape index (κ3) is 6.31. The Kier molecular flexibility index (Phi) is 9.50. The van der Waals surface area contributed by atoms with Crippen LogP contribution in [0.4, 0.5) is 0 Å². The van der Waals surface area contributed by atoms with Gasteiger partial charge in [0.15, 0.2) is 0 Å². The Bertz CT molecular complexity index is 1940. The fourth-order valence-corrected chi connectivity index (χ4v) is 8.33. The smallest absolute Gasteiger partial charge is 0.344 e. The minimum Gasteiger partial charge on any atom is -0.497 e. The van der Waals surface area contributed by atoms with Gasteiger partial charge in [0.1, 0.15) is 11.8 Å². The van der Waals surface area contributed by atoms with Crippen LogP contribution in [-0.4, -0.2) is 96.5 Å². The number of amides is 1. The highest BCUT2D eigenvalue weighted by molar-refractivity contribution is 7.90. The molecule has 2 saturated heterocycles. The molecule has 0 aliphatic carbocycles. The Balaban J connectivity index is 1.44. The number of benzene rings is 3. The van der Waals surface area contributed by atoms with Crippen molar-refractivity contribution in [2.45, 2.75) is 43.2 Å². The summed E-state index contributed by atoms with van der Waals surface area (Å²) in [5.74, 6) is 0.186. The molecular formula is C35H40N6O5S. The summed E-state index contributed by atoms with van der Waals surface area (Å²) in [6.45, 7) is 8.24. The minimum absolute atomic E-state index is 0.0834. The minimum atomic E-state index is -4.41. The van der Waals surface area contributed by atoms with E-state index >= 15 is 0 Å². The highest BCUT2D eigenvalue weighted by atomic mass is 32.2. The lowest BCUT2D eigenvalue weighted by molar-refractivity contribution is -0.136. The average Bonchev–Trinajstić information content (AvgIpc) is 3.40. The molecule has 6 rings (SSSR count). The van der Waals surface area contributed by atoms with Gasteiger partial charge in [0.2, 0.25) is 0 Å². The van der Waals surface area contributed by atoms with E-state index in [1.54, 1.807) is 24.3 Å². The molecule has 11 nitrogen and oxygen atoms in total. The number of aromatic nitrogens is 2. The number of carbonyl (C=O) groups excluding carboxylic acids is 1. The van der Waals surface area contributed by atoms with Crippen LogP contribution in [0.2, 0.25) is 0 Å². The number of imidazole rings is 1. The fourth-order valence-electron chi connectivity index (χ4n) is 6.93. The van der Waals surface area contributed by atoms with Gasteiger partial charge in [0.25, 0.3) is 15.9 Å². The van der Waals surface area contributed by atoms with Crippen molar-refractivity contribution in [2.24, 2.45) is 0 Å². The summed E-state index contributed by atoms with van der Waals surface area (Å²) in [4.78, 5) is 35.9. The number of nitrogens with zero attached hydrogens (tertiary/aromatic N) is 6. The van der Waals surface area contributed by atoms with Gasteiger partial charge in [-0.25, -0.2) is 13.2 Å². The zero-order valence-electron chi connectivity index (χ0n) is 26.8. The fraction of sp³-hybridized carbons (Fsp3) is 0.400. The number of piperazine rings is 1. The van der Waals surface area contributed by atoms with Gasteiger partial charge in [0, 0.05) is 45.3 Å². The predicted octanol–water partition coefficient (Wildman–Crippen LogP) is 3.53. The molecule has 2 atom stereocenters. The van der Waals surface area contributed by atoms with E-state index in [1.807, 2.05) is 11.0 Å². The van der Waals surface area contributed by atoms with Gasteiger partial charge < -0.3 is 14.5 Å². The summed E-state index contributed by atoms with van der Waals surface area (Å²) in [7, 11) is -2.93. The van der Waals surface area contributed by atoms with Crippen molar-refractivity contribution < 1.29 is 17.9 Å². The summed E-state index contributed by atoms with van der Waals surface area (Å²) in [5, 5.41) is 9.76. The van der Waals surface area contributed by atoms with E-state index in [0.717, 1.165) is 56.0 Å². The molecule has 2 aliphatic heterocycles. The number of piperidine rings is 1. The normalized spacial score (nSPS) is 18.6. The van der Waals surface area contributed by atoms with Crippen LogP contribution in [0, 0.1) is 11.3 Å². The lowest BCUT2D eigenvalue weighted by Gasteiger charge is -2.44. The van der Waals surface area contributed by atoms with Gasteiger partial charge in [-0.1, -0.05) is 37.3 Å². The number of carbonyl (C=O) groups is 1. The van der Waals surface area contributed by atoms with E-state index in [2.05, 4.69) is 22.8 Å². The average molecular weight is 657 g/mol. The highest BCUT2D eigenvalue weighted by Gasteiger charge is 2.37. The zero-order chi connectivity index (χ0) is 33.1. The second kappa shape index (κ2) is 13.7. The monoisotopic (exact) mass is 656 g/mol. The Morgan fingerprint density at radius 3 is 2.36 bits per heavy atom. The first kappa shape index (κ1) is 32.5. The first-order chi connectivity index (χ1) is 22.8. The second-order valence-corrected chi connectivity index (χ2v) is 14.0. The standard InChI is InChI=1S/C35H40N6O5S/c1-3-17-37-19-21-38(22-20-37)28-10-7-18-39(25-28)34(42)33(27-8-5-4-6-9-27)40-32-23-26(24-36)11-16-31(32)41(35(40)43)47(44,45)30-14-12-29(46-2)13-15-30/h4-6,8-9,11-16,23,28,33H,3,7,10,17-22,25H2,1-2H3. The van der Waals surface area contributed by atoms with Crippen LogP contribution < -0.4 is 10.4 Å². The quantitative estimate of drug-likeness (QED) is 0.269. The zero-order valence-corrected chi connectivity index (χ0v) is 27.6. The maximum absolute atomic E-state index is 14.7. The molecule has 12 heteroatoms. The van der Waals surface area contributed by atoms with Gasteiger partial charge in [-0.15, -0.1) is 0 Å². The molecule has 2 aliphatic rings. The lowest BCUT2D eigenvalue weighted by atomic mass is 9.99. The number of ether oxygens (including phenoxy) is 1. The second-order valence-electron chi connectivity index (χ2n) is 12.2. The van der Waals surface area contributed by atoms with Gasteiger partial charge in [-0.2, -0.15) is 9.23 Å². The number of nitriles is 1. The molecule has 2 unspecified atom stereocenters. The summed E-state index contributed by atoms with van der Waals surface area (Å²) in [5.41, 5.74) is 0.186. The third-order valence-electron chi connectivity index (χ3n) is 9.34. The molecule has 4 aromatic rings. The molecule has 47 heavy (non-hydrogen) atoms. The van der Waals surface area contributed by atoms with Crippen molar-refractivity contribution in [1.82, 2.24) is 23.2 Å². The van der Waals surface area contributed by atoms with E-state index in [1.165, 1.54) is 54.1 Å². The molecule has 3 heterocycles. The molecule has 0 bridgehead atoms. The van der Waals surface area contributed by atoms with Crippen LogP contribution >= 0.6 is 0 Å². The van der Waals surface area contributed by atoms with E-state index in [-0.39, 0.29) is 33.4 Å². The summed E-state index contributed by atoms with van der Waals surface area (Å²) in [6.07, 6.45) is 2.94. The highest BCUT2D eigenvalue weighted by Crippen LogP contribution is 2.30. The van der Waals surface area contributed by atoms with Crippen molar-refractivity contribution in [3.05, 3.63) is 94.4 Å². The summed E-state index contributed by atoms with van der Waals surface area (Å²) in [6, 6.07) is 20.3. The Morgan fingerprint density at radius 2 is 1.70 bits per heavy atom. The van der Waals surface area contributed by atoms with E-state index in [9.17, 15) is 23.3 Å². The Hall–Kier alpha value is -4.44. The van der Waals surface area contributed by atoms with Crippen molar-refractivity contribution in [1.29, 1.82) is 5.26 Å². The number of fused-ring (bicyclic) bond motifs is 1. The largest absolute Gasteiger partial charge is 0.497 e. The maximum atomic E-state index is 14.7. The number of methoxy groups -OCH3 is 1. The molecule has 2 fully saturated rings. The topological polar surface area (TPSA) is 121 Å². The van der Waals surface area contributed by atoms with Crippen molar-refractivity contribution in [3.63, 3.8) is 0 Å². The molecule has 0 N–H and O–H groups in total. The van der Waals surface area contributed by atoms with Crippen molar-refractivity contribution in [3.8, 4) is 11.8 Å². The third-order valence-corrected chi connectivity index (χ3v) is 11.0. The first-order valence-corrected chi connectivity index (χ1v) is 17.6. The molecule has 1 amide bonds. The lowest BCUT2D eigenvalue weighted by Crippen LogP contribution is -2.56. The molecule has 246 valence electrons. The van der Waals surface area contributed by atoms with Crippen LogP contribution in [0.5, 0.6) is 5.75 Å². The molecule has 0 spiro atoms. The number of likely N-dealkylation sites (tertiary alicyclic amines) is 1. The molecule has 0 radical (unpaired) electrons. The van der Waals surface area contributed by atoms with Gasteiger partial charge in [-0.05, 0) is 73.8 Å². The van der Waals surface area contributed by atoms with Crippen LogP contribution in [0.15, 0.2) is 82.5 Å². The predicted molar refractivity (Wildman–Crippen MR) is 179 cm³/mol. The van der Waals surface area contributed by atoms with Crippen molar-refractivity contribution in [2.75, 3.05) is 52.9 Å². The van der Waals surface area contributed by atoms with Crippen LogP contribution in [0.3, 0.4) is 0 Å². The SMILES string of the molecule is CCCN1CCN(C2CCCN(C(=O)C(c3ccccc3)n3c(=O)n(S(=O)(=O)c4ccc(OC)cc4)c4ccc(C#N)cc43)C2)CC1. The number of hydrogen-bond acceptors (Lipinski definition) is 8.